The molecular weight excluding hydrogens is 286 g/mol. The van der Waals surface area contributed by atoms with E-state index in [0.29, 0.717) is 13.0 Å². The van der Waals surface area contributed by atoms with E-state index in [1.165, 1.54) is 7.11 Å². The van der Waals surface area contributed by atoms with Gasteiger partial charge in [0, 0.05) is 13.0 Å². The van der Waals surface area contributed by atoms with Crippen LogP contribution in [-0.2, 0) is 9.53 Å². The molecule has 0 saturated carbocycles. The van der Waals surface area contributed by atoms with E-state index in [0.717, 1.165) is 10.2 Å². The Morgan fingerprint density at radius 3 is 2.94 bits per heavy atom. The summed E-state index contributed by atoms with van der Waals surface area (Å²) in [6.45, 7) is 0.654. The van der Waals surface area contributed by atoms with E-state index in [9.17, 15) is 4.79 Å². The number of methoxy groups -OCH3 is 1. The van der Waals surface area contributed by atoms with Gasteiger partial charge in [-0.1, -0.05) is 12.1 Å². The van der Waals surface area contributed by atoms with Crippen LogP contribution in [0.2, 0.25) is 0 Å². The summed E-state index contributed by atoms with van der Waals surface area (Å²) in [6, 6.07) is 7.42. The van der Waals surface area contributed by atoms with Crippen molar-refractivity contribution in [3.8, 4) is 5.75 Å². The van der Waals surface area contributed by atoms with E-state index in [2.05, 4.69) is 21.2 Å². The van der Waals surface area contributed by atoms with Crippen LogP contribution in [0.5, 0.6) is 5.75 Å². The van der Waals surface area contributed by atoms with Gasteiger partial charge in [-0.15, -0.1) is 0 Å². The zero-order chi connectivity index (χ0) is 12.3. The van der Waals surface area contributed by atoms with E-state index in [4.69, 9.17) is 9.47 Å². The Balaban J connectivity index is 1.94. The Hall–Kier alpha value is -1.07. The van der Waals surface area contributed by atoms with Gasteiger partial charge in [-0.25, -0.2) is 0 Å². The number of benzene rings is 1. The van der Waals surface area contributed by atoms with Gasteiger partial charge >= 0.3 is 5.97 Å². The normalized spacial score (nSPS) is 23.4. The van der Waals surface area contributed by atoms with Crippen LogP contribution in [0.4, 0.5) is 0 Å². The molecule has 1 fully saturated rings. The highest BCUT2D eigenvalue weighted by atomic mass is 79.9. The summed E-state index contributed by atoms with van der Waals surface area (Å²) in [6.07, 6.45) is 0.631. The highest BCUT2D eigenvalue weighted by Gasteiger charge is 2.31. The predicted molar refractivity (Wildman–Crippen MR) is 67.0 cm³/mol. The molecule has 0 aromatic heterocycles. The average Bonchev–Trinajstić information content (AvgIpc) is 2.80. The first-order valence-electron chi connectivity index (χ1n) is 5.43. The van der Waals surface area contributed by atoms with Crippen molar-refractivity contribution in [1.82, 2.24) is 5.32 Å². The molecule has 0 bridgehead atoms. The quantitative estimate of drug-likeness (QED) is 0.864. The fourth-order valence-corrected chi connectivity index (χ4v) is 2.21. The van der Waals surface area contributed by atoms with Crippen LogP contribution < -0.4 is 10.1 Å². The highest BCUT2D eigenvalue weighted by Crippen LogP contribution is 2.26. The second-order valence-corrected chi connectivity index (χ2v) is 4.74. The molecule has 1 N–H and O–H groups in total. The SMILES string of the molecule is COC(=O)[C@@H]1CC(Oc2ccccc2Br)CN1. The maximum absolute atomic E-state index is 11.3. The summed E-state index contributed by atoms with van der Waals surface area (Å²) >= 11 is 3.42. The number of halogens is 1. The number of carbonyl (C=O) groups is 1. The van der Waals surface area contributed by atoms with Gasteiger partial charge in [-0.2, -0.15) is 0 Å². The van der Waals surface area contributed by atoms with Crippen molar-refractivity contribution >= 4 is 21.9 Å². The van der Waals surface area contributed by atoms with Crippen LogP contribution in [0.25, 0.3) is 0 Å². The molecule has 0 amide bonds. The van der Waals surface area contributed by atoms with Crippen LogP contribution in [0.15, 0.2) is 28.7 Å². The third-order valence-electron chi connectivity index (χ3n) is 2.71. The molecule has 1 heterocycles. The van der Waals surface area contributed by atoms with Crippen molar-refractivity contribution < 1.29 is 14.3 Å². The van der Waals surface area contributed by atoms with Crippen molar-refractivity contribution in [3.63, 3.8) is 0 Å². The fraction of sp³-hybridized carbons (Fsp3) is 0.417. The zero-order valence-corrected chi connectivity index (χ0v) is 11.1. The monoisotopic (exact) mass is 299 g/mol. The average molecular weight is 300 g/mol. The molecule has 1 unspecified atom stereocenters. The van der Waals surface area contributed by atoms with Crippen molar-refractivity contribution in [3.05, 3.63) is 28.7 Å². The van der Waals surface area contributed by atoms with Crippen molar-refractivity contribution in [1.29, 1.82) is 0 Å². The van der Waals surface area contributed by atoms with Crippen LogP contribution in [-0.4, -0.2) is 31.8 Å². The molecule has 2 atom stereocenters. The first-order chi connectivity index (χ1) is 8.20. The second kappa shape index (κ2) is 5.51. The van der Waals surface area contributed by atoms with Gasteiger partial charge in [-0.05, 0) is 28.1 Å². The number of esters is 1. The minimum Gasteiger partial charge on any atom is -0.488 e. The maximum Gasteiger partial charge on any atom is 0.323 e. The lowest BCUT2D eigenvalue weighted by molar-refractivity contribution is -0.142. The Morgan fingerprint density at radius 2 is 2.24 bits per heavy atom. The summed E-state index contributed by atoms with van der Waals surface area (Å²) in [5.74, 6) is 0.563. The summed E-state index contributed by atoms with van der Waals surface area (Å²) in [4.78, 5) is 11.3. The zero-order valence-electron chi connectivity index (χ0n) is 9.48. The summed E-state index contributed by atoms with van der Waals surface area (Å²) in [7, 11) is 1.39. The molecule has 4 nitrogen and oxygen atoms in total. The summed E-state index contributed by atoms with van der Waals surface area (Å²) < 4.78 is 11.4. The summed E-state index contributed by atoms with van der Waals surface area (Å²) in [5, 5.41) is 3.08. The number of ether oxygens (including phenoxy) is 2. The standard InChI is InChI=1S/C12H14BrNO3/c1-16-12(15)10-6-8(7-14-10)17-11-5-3-2-4-9(11)13/h2-5,8,10,14H,6-7H2,1H3/t8?,10-/m0/s1. The molecule has 17 heavy (non-hydrogen) atoms. The first-order valence-corrected chi connectivity index (χ1v) is 6.22. The van der Waals surface area contributed by atoms with Gasteiger partial charge in [-0.3, -0.25) is 4.79 Å². The first kappa shape index (κ1) is 12.4. The van der Waals surface area contributed by atoms with E-state index >= 15 is 0 Å². The van der Waals surface area contributed by atoms with Gasteiger partial charge < -0.3 is 14.8 Å². The third kappa shape index (κ3) is 2.98. The number of carbonyl (C=O) groups excluding carboxylic acids is 1. The molecule has 92 valence electrons. The molecule has 0 spiro atoms. The molecule has 1 aliphatic rings. The van der Waals surface area contributed by atoms with Crippen molar-refractivity contribution in [2.24, 2.45) is 0 Å². The fourth-order valence-electron chi connectivity index (χ4n) is 1.83. The number of rotatable bonds is 3. The smallest absolute Gasteiger partial charge is 0.323 e. The van der Waals surface area contributed by atoms with Gasteiger partial charge in [0.25, 0.3) is 0 Å². The lowest BCUT2D eigenvalue weighted by Gasteiger charge is -2.13. The highest BCUT2D eigenvalue weighted by molar-refractivity contribution is 9.10. The molecule has 1 aromatic carbocycles. The van der Waals surface area contributed by atoms with Crippen molar-refractivity contribution in [2.75, 3.05) is 13.7 Å². The minimum atomic E-state index is -0.257. The van der Waals surface area contributed by atoms with Crippen LogP contribution in [0.1, 0.15) is 6.42 Å². The molecular formula is C12H14BrNO3. The lowest BCUT2D eigenvalue weighted by Crippen LogP contribution is -2.31. The predicted octanol–water partition coefficient (Wildman–Crippen LogP) is 1.73. The minimum absolute atomic E-state index is 0.00204. The largest absolute Gasteiger partial charge is 0.488 e. The van der Waals surface area contributed by atoms with Gasteiger partial charge in [0.1, 0.15) is 17.9 Å². The molecule has 5 heteroatoms. The number of hydrogen-bond acceptors (Lipinski definition) is 4. The Labute approximate surface area is 108 Å². The Morgan fingerprint density at radius 1 is 1.47 bits per heavy atom. The third-order valence-corrected chi connectivity index (χ3v) is 3.36. The number of hydrogen-bond donors (Lipinski definition) is 1. The number of para-hydroxylation sites is 1. The summed E-state index contributed by atoms with van der Waals surface area (Å²) in [5.41, 5.74) is 0. The molecule has 0 aliphatic carbocycles. The Kier molecular flexibility index (Phi) is 4.02. The van der Waals surface area contributed by atoms with Gasteiger partial charge in [0.05, 0.1) is 11.6 Å². The molecule has 2 rings (SSSR count). The Bertz CT molecular complexity index is 410. The van der Waals surface area contributed by atoms with E-state index in [1.54, 1.807) is 0 Å². The second-order valence-electron chi connectivity index (χ2n) is 3.89. The molecule has 1 aliphatic heterocycles. The number of nitrogens with one attached hydrogen (secondary N) is 1. The van der Waals surface area contributed by atoms with Gasteiger partial charge in [0.15, 0.2) is 0 Å². The van der Waals surface area contributed by atoms with Crippen LogP contribution in [0, 0.1) is 0 Å². The molecule has 1 aromatic rings. The van der Waals surface area contributed by atoms with Crippen LogP contribution >= 0.6 is 15.9 Å². The van der Waals surface area contributed by atoms with E-state index < -0.39 is 0 Å². The lowest BCUT2D eigenvalue weighted by atomic mass is 10.2. The topological polar surface area (TPSA) is 47.6 Å². The maximum atomic E-state index is 11.3. The molecule has 1 saturated heterocycles. The van der Waals surface area contributed by atoms with Crippen molar-refractivity contribution in [2.45, 2.75) is 18.6 Å². The van der Waals surface area contributed by atoms with E-state index in [-0.39, 0.29) is 18.1 Å². The van der Waals surface area contributed by atoms with E-state index in [1.807, 2.05) is 24.3 Å². The van der Waals surface area contributed by atoms with Gasteiger partial charge in [0.2, 0.25) is 0 Å². The van der Waals surface area contributed by atoms with Crippen LogP contribution in [0.3, 0.4) is 0 Å². The molecule has 0 radical (unpaired) electrons.